The molecule has 0 N–H and O–H groups in total. The molecule has 17 rings (SSSR count). The van der Waals surface area contributed by atoms with E-state index in [1.54, 1.807) is 0 Å². The fraction of sp³-hybridized carbons (Fsp3) is 0.0571. The normalized spacial score (nSPS) is 13.4. The van der Waals surface area contributed by atoms with Gasteiger partial charge in [0.25, 0.3) is 0 Å². The lowest BCUT2D eigenvalue weighted by Gasteiger charge is -2.19. The van der Waals surface area contributed by atoms with Gasteiger partial charge in [0.1, 0.15) is 22.3 Å². The third kappa shape index (κ3) is 5.26. The molecule has 0 radical (unpaired) electrons. The molecule has 0 amide bonds. The van der Waals surface area contributed by atoms with Crippen LogP contribution >= 0.6 is 0 Å². The predicted octanol–water partition coefficient (Wildman–Crippen LogP) is 18.8. The molecule has 2 unspecified atom stereocenters. The summed E-state index contributed by atoms with van der Waals surface area (Å²) in [7, 11) is 0. The van der Waals surface area contributed by atoms with Crippen LogP contribution in [0.1, 0.15) is 56.3 Å². The molecule has 0 saturated heterocycles. The molecule has 4 heteroatoms. The highest BCUT2D eigenvalue weighted by atomic mass is 16.3. The van der Waals surface area contributed by atoms with Crippen LogP contribution in [0.2, 0.25) is 0 Å². The smallest absolute Gasteiger partial charge is 0.139 e. The molecule has 11 aromatic carbocycles. The first-order chi connectivity index (χ1) is 36.6. The Hall–Kier alpha value is -9.38. The van der Waals surface area contributed by atoms with Crippen LogP contribution in [0.25, 0.3) is 120 Å². The Bertz CT molecular complexity index is 4840. The molecular weight excluding hydrogens is 901 g/mol. The zero-order valence-corrected chi connectivity index (χ0v) is 40.7. The van der Waals surface area contributed by atoms with Gasteiger partial charge in [0.2, 0.25) is 0 Å². The molecule has 17 aromatic rings. The summed E-state index contributed by atoms with van der Waals surface area (Å²) in [6.07, 6.45) is 0. The van der Waals surface area contributed by atoms with Crippen molar-refractivity contribution in [3.63, 3.8) is 0 Å². The van der Waals surface area contributed by atoms with Gasteiger partial charge < -0.3 is 17.6 Å². The van der Waals surface area contributed by atoms with Crippen LogP contribution in [0, 0.1) is 13.8 Å². The van der Waals surface area contributed by atoms with Crippen molar-refractivity contribution in [2.24, 2.45) is 0 Å². The SMILES string of the molecule is Cc1cccc2c1oc1c(C(c3ccccc3)c3ccc4c(c3)c3cccc5c6cc7c(cc6n4c35)c3cccc4c5cc(C(c6ccccc6)c6cccc8c6oc6c(C)cccc68)ccc5n7c43)cccc12. The number of hydrogen-bond donors (Lipinski definition) is 0. The number of fused-ring (bicyclic) bond motifs is 18. The largest absolute Gasteiger partial charge is 0.455 e. The van der Waals surface area contributed by atoms with Crippen molar-refractivity contribution >= 4 is 120 Å². The Morgan fingerprint density at radius 3 is 1.04 bits per heavy atom. The topological polar surface area (TPSA) is 35.1 Å². The van der Waals surface area contributed by atoms with E-state index in [0.717, 1.165) is 55.0 Å². The Morgan fingerprint density at radius 1 is 0.270 bits per heavy atom. The maximum absolute atomic E-state index is 6.83. The van der Waals surface area contributed by atoms with Crippen molar-refractivity contribution in [2.75, 3.05) is 0 Å². The number of benzene rings is 11. The van der Waals surface area contributed by atoms with Gasteiger partial charge in [0.15, 0.2) is 0 Å². The number of hydrogen-bond acceptors (Lipinski definition) is 2. The monoisotopic (exact) mass is 944 g/mol. The zero-order chi connectivity index (χ0) is 48.5. The molecule has 74 heavy (non-hydrogen) atoms. The number of rotatable bonds is 6. The number of aryl methyl sites for hydroxylation is 2. The molecular formula is C70H44N2O2. The molecule has 4 nitrogen and oxygen atoms in total. The second kappa shape index (κ2) is 14.6. The highest BCUT2D eigenvalue weighted by Crippen LogP contribution is 2.48. The maximum Gasteiger partial charge on any atom is 0.139 e. The molecule has 0 bridgehead atoms. The highest BCUT2D eigenvalue weighted by Gasteiger charge is 2.28. The van der Waals surface area contributed by atoms with Gasteiger partial charge in [-0.05, 0) is 83.6 Å². The summed E-state index contributed by atoms with van der Waals surface area (Å²) >= 11 is 0. The van der Waals surface area contributed by atoms with Gasteiger partial charge in [-0.3, -0.25) is 0 Å². The number of aromatic nitrogens is 2. The summed E-state index contributed by atoms with van der Waals surface area (Å²) in [4.78, 5) is 0. The molecule has 0 saturated carbocycles. The van der Waals surface area contributed by atoms with E-state index in [0.29, 0.717) is 0 Å². The molecule has 0 spiro atoms. The fourth-order valence-corrected chi connectivity index (χ4v) is 13.7. The number of para-hydroxylation sites is 6. The van der Waals surface area contributed by atoms with Gasteiger partial charge in [0, 0.05) is 87.6 Å². The quantitative estimate of drug-likeness (QED) is 0.156. The van der Waals surface area contributed by atoms with Crippen molar-refractivity contribution in [3.05, 3.63) is 263 Å². The summed E-state index contributed by atoms with van der Waals surface area (Å²) in [5, 5.41) is 14.8. The van der Waals surface area contributed by atoms with Crippen LogP contribution in [0.5, 0.6) is 0 Å². The molecule has 0 fully saturated rings. The van der Waals surface area contributed by atoms with Gasteiger partial charge in [-0.2, -0.15) is 0 Å². The summed E-state index contributed by atoms with van der Waals surface area (Å²) in [6.45, 7) is 4.27. The van der Waals surface area contributed by atoms with E-state index in [1.807, 2.05) is 0 Å². The third-order valence-electron chi connectivity index (χ3n) is 16.9. The molecule has 0 aliphatic rings. The summed E-state index contributed by atoms with van der Waals surface area (Å²) in [5.74, 6) is -0.0724. The maximum atomic E-state index is 6.83. The minimum Gasteiger partial charge on any atom is -0.455 e. The van der Waals surface area contributed by atoms with E-state index in [1.165, 1.54) is 110 Å². The first kappa shape index (κ1) is 40.2. The molecule has 346 valence electrons. The average molecular weight is 945 g/mol. The van der Waals surface area contributed by atoms with E-state index in [9.17, 15) is 0 Å². The molecule has 0 aliphatic heterocycles. The van der Waals surface area contributed by atoms with Crippen LogP contribution in [0.15, 0.2) is 227 Å². The van der Waals surface area contributed by atoms with Crippen molar-refractivity contribution in [1.82, 2.24) is 8.80 Å². The Balaban J connectivity index is 0.859. The predicted molar refractivity (Wildman–Crippen MR) is 307 cm³/mol. The lowest BCUT2D eigenvalue weighted by atomic mass is 9.84. The second-order valence-corrected chi connectivity index (χ2v) is 20.8. The van der Waals surface area contributed by atoms with Crippen LogP contribution < -0.4 is 0 Å². The lowest BCUT2D eigenvalue weighted by Crippen LogP contribution is -2.04. The second-order valence-electron chi connectivity index (χ2n) is 20.8. The van der Waals surface area contributed by atoms with Crippen LogP contribution in [0.4, 0.5) is 0 Å². The summed E-state index contributed by atoms with van der Waals surface area (Å²) < 4.78 is 18.7. The van der Waals surface area contributed by atoms with E-state index in [4.69, 9.17) is 8.83 Å². The third-order valence-corrected chi connectivity index (χ3v) is 16.9. The fourth-order valence-electron chi connectivity index (χ4n) is 13.7. The van der Waals surface area contributed by atoms with E-state index in [-0.39, 0.29) is 11.8 Å². The lowest BCUT2D eigenvalue weighted by molar-refractivity contribution is 0.658. The van der Waals surface area contributed by atoms with Crippen molar-refractivity contribution in [1.29, 1.82) is 0 Å². The van der Waals surface area contributed by atoms with Gasteiger partial charge >= 0.3 is 0 Å². The van der Waals surface area contributed by atoms with E-state index < -0.39 is 0 Å². The molecule has 6 heterocycles. The standard InChI is InChI=1S/C70H44N2O2/c1-39-15-9-25-49-51-27-13-29-53(69(51)73-67(39)49)63(41-17-5-3-6-18-41)43-31-33-59-55(35-43)45-21-11-23-47-57-38-62-58(37-61(57)71(59)65(45)47)48-24-12-22-46-56-36-44(32-34-60(56)72(62)66(46)48)64(42-19-7-4-8-20-42)54-30-14-28-52-50-26-10-16-40(2)68(50)74-70(52)54/h3-38,63-64H,1-2H3. The Labute approximate surface area is 424 Å². The Kier molecular flexibility index (Phi) is 7.95. The van der Waals surface area contributed by atoms with Crippen molar-refractivity contribution < 1.29 is 8.83 Å². The first-order valence-electron chi connectivity index (χ1n) is 25.8. The van der Waals surface area contributed by atoms with Crippen molar-refractivity contribution in [2.45, 2.75) is 25.7 Å². The van der Waals surface area contributed by atoms with Crippen LogP contribution in [-0.4, -0.2) is 8.80 Å². The van der Waals surface area contributed by atoms with Crippen molar-refractivity contribution in [3.8, 4) is 0 Å². The summed E-state index contributed by atoms with van der Waals surface area (Å²) in [6, 6.07) is 81.1. The highest BCUT2D eigenvalue weighted by molar-refractivity contribution is 6.29. The van der Waals surface area contributed by atoms with Crippen LogP contribution in [-0.2, 0) is 0 Å². The number of nitrogens with zero attached hydrogens (tertiary/aromatic N) is 2. The van der Waals surface area contributed by atoms with Gasteiger partial charge in [-0.15, -0.1) is 0 Å². The average Bonchev–Trinajstić information content (AvgIpc) is 4.30. The van der Waals surface area contributed by atoms with Gasteiger partial charge in [-0.25, -0.2) is 0 Å². The van der Waals surface area contributed by atoms with Crippen LogP contribution in [0.3, 0.4) is 0 Å². The van der Waals surface area contributed by atoms with E-state index in [2.05, 4.69) is 241 Å². The van der Waals surface area contributed by atoms with E-state index >= 15 is 0 Å². The minimum absolute atomic E-state index is 0.0362. The minimum atomic E-state index is -0.0362. The molecule has 0 aliphatic carbocycles. The van der Waals surface area contributed by atoms with Gasteiger partial charge in [0.05, 0.1) is 33.1 Å². The van der Waals surface area contributed by atoms with Gasteiger partial charge in [-0.1, -0.05) is 182 Å². The Morgan fingerprint density at radius 2 is 0.622 bits per heavy atom. The zero-order valence-electron chi connectivity index (χ0n) is 40.7. The molecule has 2 atom stereocenters. The summed E-state index contributed by atoms with van der Waals surface area (Å²) in [5.41, 5.74) is 20.9. The number of furan rings is 2. The molecule has 6 aromatic heterocycles. The first-order valence-corrected chi connectivity index (χ1v) is 25.8.